The molecular formula is C19H23BrN2O. The number of anilines is 1. The number of likely N-dealkylation sites (tertiary alicyclic amines) is 1. The van der Waals surface area contributed by atoms with Crippen LogP contribution in [0.25, 0.3) is 0 Å². The average Bonchev–Trinajstić information content (AvgIpc) is 2.57. The first-order chi connectivity index (χ1) is 11.1. The lowest BCUT2D eigenvalue weighted by molar-refractivity contribution is 0.0408. The summed E-state index contributed by atoms with van der Waals surface area (Å²) in [5.74, 6) is 0. The fraction of sp³-hybridized carbons (Fsp3) is 0.368. The Kier molecular flexibility index (Phi) is 5.36. The van der Waals surface area contributed by atoms with Crippen molar-refractivity contribution in [3.05, 3.63) is 64.6 Å². The van der Waals surface area contributed by atoms with Crippen LogP contribution in [0, 0.1) is 0 Å². The highest BCUT2D eigenvalue weighted by atomic mass is 79.9. The summed E-state index contributed by atoms with van der Waals surface area (Å²) in [6, 6.07) is 19.0. The van der Waals surface area contributed by atoms with E-state index < -0.39 is 0 Å². The minimum atomic E-state index is -0.367. The molecule has 0 aliphatic carbocycles. The summed E-state index contributed by atoms with van der Waals surface area (Å²) in [6.45, 7) is 3.89. The van der Waals surface area contributed by atoms with E-state index in [2.05, 4.69) is 57.3 Å². The predicted octanol–water partition coefficient (Wildman–Crippen LogP) is 4.06. The van der Waals surface area contributed by atoms with Crippen molar-refractivity contribution < 1.29 is 5.11 Å². The van der Waals surface area contributed by atoms with Crippen LogP contribution >= 0.6 is 15.9 Å². The molecule has 0 spiro atoms. The van der Waals surface area contributed by atoms with Gasteiger partial charge in [0.2, 0.25) is 0 Å². The van der Waals surface area contributed by atoms with E-state index in [0.717, 1.165) is 23.1 Å². The van der Waals surface area contributed by atoms with Gasteiger partial charge in [0, 0.05) is 29.3 Å². The zero-order valence-corrected chi connectivity index (χ0v) is 14.9. The number of piperidine rings is 1. The Morgan fingerprint density at radius 1 is 1.17 bits per heavy atom. The summed E-state index contributed by atoms with van der Waals surface area (Å²) >= 11 is 3.49. The van der Waals surface area contributed by atoms with Gasteiger partial charge in [-0.15, -0.1) is 0 Å². The fourth-order valence-corrected chi connectivity index (χ4v) is 3.61. The standard InChI is InChI=1S/C19H23BrN2O/c1-14(15-6-3-2-4-7-15)22-11-10-18(19(23)13-22)21-17-9-5-8-16(20)12-17/h2-9,12,14,18-19,21,23H,10-11,13H2,1H3/t14?,18-,19-/m1/s1. The second kappa shape index (κ2) is 7.47. The van der Waals surface area contributed by atoms with Crippen LogP contribution in [0.2, 0.25) is 0 Å². The molecule has 0 saturated carbocycles. The molecule has 0 amide bonds. The second-order valence-electron chi connectivity index (χ2n) is 6.20. The lowest BCUT2D eigenvalue weighted by Gasteiger charge is -2.40. The molecule has 4 heteroatoms. The molecule has 3 rings (SSSR count). The lowest BCUT2D eigenvalue weighted by atomic mass is 9.98. The summed E-state index contributed by atoms with van der Waals surface area (Å²) in [5.41, 5.74) is 2.35. The van der Waals surface area contributed by atoms with E-state index in [1.807, 2.05) is 30.3 Å². The summed E-state index contributed by atoms with van der Waals surface area (Å²) in [7, 11) is 0. The van der Waals surface area contributed by atoms with Crippen molar-refractivity contribution in [1.82, 2.24) is 4.90 Å². The van der Waals surface area contributed by atoms with Crippen LogP contribution in [-0.2, 0) is 0 Å². The number of halogens is 1. The molecule has 3 atom stereocenters. The van der Waals surface area contributed by atoms with Crippen molar-refractivity contribution in [3.63, 3.8) is 0 Å². The number of nitrogens with zero attached hydrogens (tertiary/aromatic N) is 1. The molecule has 122 valence electrons. The van der Waals surface area contributed by atoms with Crippen LogP contribution in [0.3, 0.4) is 0 Å². The van der Waals surface area contributed by atoms with Crippen LogP contribution in [0.15, 0.2) is 59.1 Å². The van der Waals surface area contributed by atoms with E-state index in [9.17, 15) is 5.11 Å². The smallest absolute Gasteiger partial charge is 0.0868 e. The van der Waals surface area contributed by atoms with E-state index in [0.29, 0.717) is 12.6 Å². The third-order valence-corrected chi connectivity index (χ3v) is 5.11. The molecule has 1 heterocycles. The Hall–Kier alpha value is -1.36. The van der Waals surface area contributed by atoms with E-state index in [1.54, 1.807) is 0 Å². The van der Waals surface area contributed by atoms with Crippen molar-refractivity contribution in [2.45, 2.75) is 31.5 Å². The van der Waals surface area contributed by atoms with Crippen LogP contribution in [-0.4, -0.2) is 35.2 Å². The Morgan fingerprint density at radius 3 is 2.65 bits per heavy atom. The molecular weight excluding hydrogens is 352 g/mol. The second-order valence-corrected chi connectivity index (χ2v) is 7.11. The number of aliphatic hydroxyl groups excluding tert-OH is 1. The van der Waals surface area contributed by atoms with Gasteiger partial charge in [0.25, 0.3) is 0 Å². The van der Waals surface area contributed by atoms with Crippen molar-refractivity contribution in [1.29, 1.82) is 0 Å². The normalized spacial score (nSPS) is 23.4. The van der Waals surface area contributed by atoms with Gasteiger partial charge in [-0.05, 0) is 37.1 Å². The first-order valence-electron chi connectivity index (χ1n) is 8.12. The van der Waals surface area contributed by atoms with Gasteiger partial charge in [0.05, 0.1) is 12.1 Å². The third-order valence-electron chi connectivity index (χ3n) is 4.62. The summed E-state index contributed by atoms with van der Waals surface area (Å²) < 4.78 is 1.05. The molecule has 2 aromatic rings. The Labute approximate surface area is 146 Å². The molecule has 23 heavy (non-hydrogen) atoms. The van der Waals surface area contributed by atoms with Crippen molar-refractivity contribution in [3.8, 4) is 0 Å². The number of hydrogen-bond donors (Lipinski definition) is 2. The van der Waals surface area contributed by atoms with Crippen LogP contribution in [0.1, 0.15) is 24.9 Å². The zero-order chi connectivity index (χ0) is 16.2. The molecule has 2 aromatic carbocycles. The van der Waals surface area contributed by atoms with Gasteiger partial charge in [-0.2, -0.15) is 0 Å². The fourth-order valence-electron chi connectivity index (χ4n) is 3.21. The largest absolute Gasteiger partial charge is 0.390 e. The average molecular weight is 375 g/mol. The van der Waals surface area contributed by atoms with E-state index in [4.69, 9.17) is 0 Å². The zero-order valence-electron chi connectivity index (χ0n) is 13.3. The van der Waals surface area contributed by atoms with Gasteiger partial charge in [-0.25, -0.2) is 0 Å². The van der Waals surface area contributed by atoms with Crippen LogP contribution < -0.4 is 5.32 Å². The van der Waals surface area contributed by atoms with Gasteiger partial charge < -0.3 is 10.4 Å². The van der Waals surface area contributed by atoms with Crippen LogP contribution in [0.5, 0.6) is 0 Å². The SMILES string of the molecule is CC(c1ccccc1)N1CC[C@@H](Nc2cccc(Br)c2)[C@H](O)C1. The molecule has 2 N–H and O–H groups in total. The first-order valence-corrected chi connectivity index (χ1v) is 8.92. The van der Waals surface area contributed by atoms with Crippen LogP contribution in [0.4, 0.5) is 5.69 Å². The number of benzene rings is 2. The molecule has 1 aliphatic rings. The van der Waals surface area contributed by atoms with Gasteiger partial charge in [0.1, 0.15) is 0 Å². The number of β-amino-alcohol motifs (C(OH)–C–C–N with tert-alkyl or cyclic N) is 1. The highest BCUT2D eigenvalue weighted by Gasteiger charge is 2.30. The monoisotopic (exact) mass is 374 g/mol. The molecule has 0 radical (unpaired) electrons. The van der Waals surface area contributed by atoms with E-state index in [1.165, 1.54) is 5.56 Å². The van der Waals surface area contributed by atoms with Crippen molar-refractivity contribution >= 4 is 21.6 Å². The first kappa shape index (κ1) is 16.5. The molecule has 0 bridgehead atoms. The number of nitrogens with one attached hydrogen (secondary N) is 1. The number of aliphatic hydroxyl groups is 1. The van der Waals surface area contributed by atoms with E-state index in [-0.39, 0.29) is 12.1 Å². The predicted molar refractivity (Wildman–Crippen MR) is 98.6 cm³/mol. The third kappa shape index (κ3) is 4.14. The highest BCUT2D eigenvalue weighted by molar-refractivity contribution is 9.10. The quantitative estimate of drug-likeness (QED) is 0.846. The topological polar surface area (TPSA) is 35.5 Å². The molecule has 1 saturated heterocycles. The van der Waals surface area contributed by atoms with Gasteiger partial charge in [-0.3, -0.25) is 4.90 Å². The number of hydrogen-bond acceptors (Lipinski definition) is 3. The minimum absolute atomic E-state index is 0.100. The Morgan fingerprint density at radius 2 is 1.96 bits per heavy atom. The maximum atomic E-state index is 10.5. The van der Waals surface area contributed by atoms with Crippen molar-refractivity contribution in [2.75, 3.05) is 18.4 Å². The minimum Gasteiger partial charge on any atom is -0.390 e. The Bertz CT molecular complexity index is 634. The molecule has 1 unspecified atom stereocenters. The van der Waals surface area contributed by atoms with Gasteiger partial charge in [0.15, 0.2) is 0 Å². The molecule has 1 aliphatic heterocycles. The molecule has 0 aromatic heterocycles. The maximum absolute atomic E-state index is 10.5. The summed E-state index contributed by atoms with van der Waals surface area (Å²) in [4.78, 5) is 2.36. The molecule has 3 nitrogen and oxygen atoms in total. The molecule has 1 fully saturated rings. The van der Waals surface area contributed by atoms with Crippen molar-refractivity contribution in [2.24, 2.45) is 0 Å². The summed E-state index contributed by atoms with van der Waals surface area (Å²) in [6.07, 6.45) is 0.569. The van der Waals surface area contributed by atoms with Gasteiger partial charge in [-0.1, -0.05) is 52.3 Å². The summed E-state index contributed by atoms with van der Waals surface area (Å²) in [5, 5.41) is 14.0. The number of rotatable bonds is 4. The Balaban J connectivity index is 1.61. The highest BCUT2D eigenvalue weighted by Crippen LogP contribution is 2.26. The lowest BCUT2D eigenvalue weighted by Crippen LogP contribution is -2.50. The van der Waals surface area contributed by atoms with Gasteiger partial charge >= 0.3 is 0 Å². The maximum Gasteiger partial charge on any atom is 0.0868 e. The van der Waals surface area contributed by atoms with E-state index >= 15 is 0 Å².